The first kappa shape index (κ1) is 32.2. The molecule has 3 N–H and O–H groups in total. The molecule has 1 aliphatic rings. The number of hydrogen-bond donors (Lipinski definition) is 3. The molecule has 0 radical (unpaired) electrons. The minimum atomic E-state index is -9.17. The average molecular weight is 652 g/mol. The molecular formula is C20H35F9GeN3Zr. The number of nitrogens with one attached hydrogen (secondary N) is 3. The van der Waals surface area contributed by atoms with E-state index < -0.39 is 69.5 Å². The molecule has 0 spiro atoms. The van der Waals surface area contributed by atoms with Gasteiger partial charge in [-0.2, -0.15) is 0 Å². The van der Waals surface area contributed by atoms with Gasteiger partial charge in [0.15, 0.2) is 0 Å². The van der Waals surface area contributed by atoms with Gasteiger partial charge in [-0.25, -0.2) is 0 Å². The summed E-state index contributed by atoms with van der Waals surface area (Å²) < 4.78 is 142. The third-order valence-electron chi connectivity index (χ3n) is 6.88. The molecule has 0 aromatic rings. The molecule has 0 fully saturated rings. The van der Waals surface area contributed by atoms with Crippen LogP contribution in [-0.4, -0.2) is 42.6 Å². The fraction of sp³-hybridized carbons (Fsp3) is 0.800. The molecule has 3 nitrogen and oxygen atoms in total. The molecule has 201 valence electrons. The Morgan fingerprint density at radius 2 is 1.06 bits per heavy atom. The summed E-state index contributed by atoms with van der Waals surface area (Å²) in [5, 5.41) is -19.6. The molecule has 0 saturated carbocycles. The Morgan fingerprint density at radius 1 is 0.735 bits per heavy atom. The van der Waals surface area contributed by atoms with Crippen molar-refractivity contribution in [2.75, 3.05) is 0 Å². The standard InChI is InChI=1S/C5H5.3C4H10N.C3F9Ge.Zr/c1-2-4-5-3-1;3*1-3-4(2)5;4-1(5,6)13(2(7,8)9)3(10,11)12;/h1-3H,4H2;3*4-5H,3H2,1-2H3;;/q;3*-1;;+3. The molecule has 3 unspecified atom stereocenters. The summed E-state index contributed by atoms with van der Waals surface area (Å²) >= 11 is -7.90. The van der Waals surface area contributed by atoms with Crippen molar-refractivity contribution in [3.8, 4) is 0 Å². The number of hydrogen-bond acceptors (Lipinski definition) is 3. The predicted molar refractivity (Wildman–Crippen MR) is 114 cm³/mol. The van der Waals surface area contributed by atoms with Crippen molar-refractivity contribution in [1.82, 2.24) is 9.78 Å². The quantitative estimate of drug-likeness (QED) is 0.172. The van der Waals surface area contributed by atoms with Crippen LogP contribution < -0.4 is 9.78 Å². The van der Waals surface area contributed by atoms with Gasteiger partial charge in [-0.3, -0.25) is 0 Å². The van der Waals surface area contributed by atoms with E-state index in [4.69, 9.17) is 0 Å². The molecule has 0 aromatic carbocycles. The van der Waals surface area contributed by atoms with E-state index in [2.05, 4.69) is 9.78 Å². The Morgan fingerprint density at radius 3 is 1.26 bits per heavy atom. The maximum absolute atomic E-state index is 15.0. The summed E-state index contributed by atoms with van der Waals surface area (Å²) in [6.45, 7) is 8.55. The van der Waals surface area contributed by atoms with Gasteiger partial charge in [0.1, 0.15) is 0 Å². The normalized spacial score (nSPS) is 20.0. The van der Waals surface area contributed by atoms with Gasteiger partial charge in [-0.1, -0.05) is 0 Å². The zero-order chi connectivity index (χ0) is 26.8. The first-order chi connectivity index (χ1) is 15.3. The number of alkyl halides is 9. The first-order valence-electron chi connectivity index (χ1n) is 11.4. The van der Waals surface area contributed by atoms with Crippen molar-refractivity contribution in [2.45, 2.75) is 100 Å². The van der Waals surface area contributed by atoms with Gasteiger partial charge in [0, 0.05) is 0 Å². The maximum atomic E-state index is 15.0. The van der Waals surface area contributed by atoms with Crippen LogP contribution in [-0.2, 0) is 17.1 Å². The first-order valence-corrected chi connectivity index (χ1v) is 26.9. The van der Waals surface area contributed by atoms with Gasteiger partial charge >= 0.3 is 198 Å². The summed E-state index contributed by atoms with van der Waals surface area (Å²) in [4.78, 5) is 0. The van der Waals surface area contributed by atoms with E-state index in [-0.39, 0.29) is 19.3 Å². The number of allylic oxidation sites excluding steroid dienone is 4. The van der Waals surface area contributed by atoms with Crippen molar-refractivity contribution < 1.29 is 56.7 Å². The van der Waals surface area contributed by atoms with Crippen molar-refractivity contribution >= 4 is 9.48 Å². The Hall–Kier alpha value is 0.156. The third-order valence-corrected chi connectivity index (χ3v) is 66.7. The van der Waals surface area contributed by atoms with Gasteiger partial charge in [0.25, 0.3) is 0 Å². The molecule has 0 aliphatic heterocycles. The summed E-state index contributed by atoms with van der Waals surface area (Å²) in [5.74, 6) is 0. The molecule has 0 bridgehead atoms. The molecule has 0 heterocycles. The molecule has 0 aromatic heterocycles. The van der Waals surface area contributed by atoms with E-state index >= 15 is 0 Å². The molecule has 34 heavy (non-hydrogen) atoms. The summed E-state index contributed by atoms with van der Waals surface area (Å²) in [5.41, 5.74) is 0. The fourth-order valence-corrected chi connectivity index (χ4v) is 73.6. The van der Waals surface area contributed by atoms with Gasteiger partial charge in [0.2, 0.25) is 0 Å². The van der Waals surface area contributed by atoms with Crippen LogP contribution in [0, 0.1) is 0 Å². The predicted octanol–water partition coefficient (Wildman–Crippen LogP) is 6.68. The van der Waals surface area contributed by atoms with Crippen molar-refractivity contribution in [3.05, 3.63) is 21.5 Å². The third kappa shape index (κ3) is 5.11. The van der Waals surface area contributed by atoms with Gasteiger partial charge in [-0.15, -0.1) is 0 Å². The van der Waals surface area contributed by atoms with E-state index in [0.717, 1.165) is 6.08 Å². The zero-order valence-corrected chi connectivity index (χ0v) is 24.8. The molecule has 0 saturated heterocycles. The Labute approximate surface area is 197 Å². The van der Waals surface area contributed by atoms with Crippen LogP contribution in [0.5, 0.6) is 0 Å². The molecule has 0 amide bonds. The van der Waals surface area contributed by atoms with Gasteiger partial charge in [0.05, 0.1) is 0 Å². The molecule has 14 heteroatoms. The van der Waals surface area contributed by atoms with Crippen molar-refractivity contribution in [2.24, 2.45) is 0 Å². The van der Waals surface area contributed by atoms with E-state index in [1.165, 1.54) is 53.7 Å². The second-order valence-corrected chi connectivity index (χ2v) is 47.7. The average Bonchev–Trinajstić information content (AvgIpc) is 3.20. The summed E-state index contributed by atoms with van der Waals surface area (Å²) in [6.07, 6.45) is 3.30. The van der Waals surface area contributed by atoms with Crippen LogP contribution >= 0.6 is 0 Å². The van der Waals surface area contributed by atoms with Crippen LogP contribution in [0.4, 0.5) is 39.5 Å². The van der Waals surface area contributed by atoms with Crippen LogP contribution in [0.3, 0.4) is 0 Å². The summed E-state index contributed by atoms with van der Waals surface area (Å²) in [7, 11) is -9.17. The Balaban J connectivity index is 4.61. The second kappa shape index (κ2) is 10.9. The van der Waals surface area contributed by atoms with E-state index in [0.29, 0.717) is 0 Å². The van der Waals surface area contributed by atoms with E-state index in [1.54, 1.807) is 0 Å². The molecule has 1 aliphatic carbocycles. The van der Waals surface area contributed by atoms with E-state index in [9.17, 15) is 39.5 Å². The van der Waals surface area contributed by atoms with Crippen molar-refractivity contribution in [3.63, 3.8) is 0 Å². The van der Waals surface area contributed by atoms with Crippen LogP contribution in [0.1, 0.15) is 67.2 Å². The fourth-order valence-electron chi connectivity index (χ4n) is 4.90. The number of rotatable bonds is 11. The minimum absolute atomic E-state index is 0.0425. The van der Waals surface area contributed by atoms with Gasteiger partial charge < -0.3 is 0 Å². The topological polar surface area (TPSA) is 36.1 Å². The van der Waals surface area contributed by atoms with Crippen LogP contribution in [0.15, 0.2) is 21.5 Å². The zero-order valence-electron chi connectivity index (χ0n) is 20.2. The van der Waals surface area contributed by atoms with Crippen LogP contribution in [0.25, 0.3) is 0 Å². The Kier molecular flexibility index (Phi) is 10.3. The van der Waals surface area contributed by atoms with E-state index in [1.807, 2.05) is 0 Å². The van der Waals surface area contributed by atoms with Crippen molar-refractivity contribution in [1.29, 1.82) is 0 Å². The molecular weight excluding hydrogens is 617 g/mol. The monoisotopic (exact) mass is 652 g/mol. The Bertz CT molecular complexity index is 692. The number of halogens is 9. The SMILES string of the molecule is CCC(C)[NH][Zr]([NH]C(C)CC)([NH]C(C)CC)([C]1=CC=CC1)[Ge]([C](F)(F)F)([C](F)(F)F)[C](F)(F)F. The van der Waals surface area contributed by atoms with Gasteiger partial charge in [-0.05, 0) is 0 Å². The molecule has 3 atom stereocenters. The molecule has 1 rings (SSSR count). The van der Waals surface area contributed by atoms with Crippen LogP contribution in [0.2, 0.25) is 0 Å². The summed E-state index contributed by atoms with van der Waals surface area (Å²) in [6, 6.07) is -3.13. The second-order valence-electron chi connectivity index (χ2n) is 9.18.